The number of nitrogens with two attached hydrogens (primary N) is 1. The summed E-state index contributed by atoms with van der Waals surface area (Å²) >= 11 is 0. The third-order valence-electron chi connectivity index (χ3n) is 3.32. The molecule has 0 radical (unpaired) electrons. The zero-order valence-electron chi connectivity index (χ0n) is 11.4. The summed E-state index contributed by atoms with van der Waals surface area (Å²) in [5.74, 6) is -1.08. The van der Waals surface area contributed by atoms with Crippen molar-refractivity contribution < 1.29 is 20.2 Å². The normalized spacial score (nSPS) is 12.2. The van der Waals surface area contributed by atoms with Crippen molar-refractivity contribution in [3.63, 3.8) is 0 Å². The molecule has 1 aromatic rings. The summed E-state index contributed by atoms with van der Waals surface area (Å²) in [4.78, 5) is 12.2. The number of amidine groups is 1. The number of aromatic hydroxyl groups is 2. The molecule has 0 spiro atoms. The molecule has 20 heavy (non-hydrogen) atoms. The van der Waals surface area contributed by atoms with Gasteiger partial charge in [0.1, 0.15) is 17.0 Å². The van der Waals surface area contributed by atoms with Crippen LogP contribution >= 0.6 is 0 Å². The number of nitrogens with one attached hydrogen (secondary N) is 1. The van der Waals surface area contributed by atoms with E-state index in [1.54, 1.807) is 13.8 Å². The first kappa shape index (κ1) is 15.6. The van der Waals surface area contributed by atoms with Crippen LogP contribution in [0.5, 0.6) is 11.5 Å². The van der Waals surface area contributed by atoms with Gasteiger partial charge in [-0.1, -0.05) is 19.0 Å². The summed E-state index contributed by atoms with van der Waals surface area (Å²) in [6.45, 7) is 3.59. The van der Waals surface area contributed by atoms with Gasteiger partial charge in [-0.25, -0.2) is 0 Å². The number of benzene rings is 1. The van der Waals surface area contributed by atoms with Crippen molar-refractivity contribution in [2.24, 2.45) is 10.9 Å². The molecule has 7 nitrogen and oxygen atoms in total. The number of hydrogen-bond donors (Lipinski definition) is 5. The molecular weight excluding hydrogens is 262 g/mol. The van der Waals surface area contributed by atoms with Crippen molar-refractivity contribution in [3.05, 3.63) is 23.8 Å². The Morgan fingerprint density at radius 1 is 1.25 bits per heavy atom. The largest absolute Gasteiger partial charge is 0.508 e. The number of carbonyl (C=O) groups is 1. The molecule has 1 aromatic carbocycles. The van der Waals surface area contributed by atoms with E-state index in [-0.39, 0.29) is 22.9 Å². The minimum atomic E-state index is -0.979. The van der Waals surface area contributed by atoms with Gasteiger partial charge < -0.3 is 26.5 Å². The van der Waals surface area contributed by atoms with Crippen LogP contribution in [0.25, 0.3) is 0 Å². The summed E-state index contributed by atoms with van der Waals surface area (Å²) < 4.78 is 0. The van der Waals surface area contributed by atoms with Crippen molar-refractivity contribution in [2.75, 3.05) is 0 Å². The van der Waals surface area contributed by atoms with E-state index < -0.39 is 11.4 Å². The summed E-state index contributed by atoms with van der Waals surface area (Å²) in [5.41, 5.74) is 4.75. The molecule has 6 N–H and O–H groups in total. The van der Waals surface area contributed by atoms with Crippen LogP contribution in [0.1, 0.15) is 37.0 Å². The van der Waals surface area contributed by atoms with Gasteiger partial charge in [0.15, 0.2) is 5.84 Å². The molecule has 0 fully saturated rings. The number of phenolic OH excluding ortho intramolecular Hbond substituents is 2. The Balaban J connectivity index is 3.08. The fourth-order valence-electron chi connectivity index (χ4n) is 1.96. The lowest BCUT2D eigenvalue weighted by Crippen LogP contribution is -2.56. The molecule has 0 bridgehead atoms. The number of rotatable bonds is 5. The SMILES string of the molecule is CCC(CC)(NC(=O)c1cc(O)cc(O)c1)/C(N)=N/O. The second kappa shape index (κ2) is 6.14. The highest BCUT2D eigenvalue weighted by molar-refractivity contribution is 6.00. The predicted molar refractivity (Wildman–Crippen MR) is 74.0 cm³/mol. The average molecular weight is 281 g/mol. The van der Waals surface area contributed by atoms with E-state index in [1.165, 1.54) is 12.1 Å². The van der Waals surface area contributed by atoms with Gasteiger partial charge in [0, 0.05) is 11.6 Å². The summed E-state index contributed by atoms with van der Waals surface area (Å²) in [5, 5.41) is 33.2. The van der Waals surface area contributed by atoms with Crippen LogP contribution < -0.4 is 11.1 Å². The smallest absolute Gasteiger partial charge is 0.252 e. The highest BCUT2D eigenvalue weighted by atomic mass is 16.4. The van der Waals surface area contributed by atoms with Crippen molar-refractivity contribution in [1.29, 1.82) is 0 Å². The number of carbonyl (C=O) groups excluding carboxylic acids is 1. The van der Waals surface area contributed by atoms with Crippen molar-refractivity contribution in [1.82, 2.24) is 5.32 Å². The zero-order valence-corrected chi connectivity index (χ0v) is 11.4. The molecule has 0 aliphatic heterocycles. The molecule has 0 aliphatic rings. The number of nitrogens with zero attached hydrogens (tertiary/aromatic N) is 1. The molecule has 7 heteroatoms. The predicted octanol–water partition coefficient (Wildman–Crippen LogP) is 1.13. The highest BCUT2D eigenvalue weighted by Gasteiger charge is 2.33. The van der Waals surface area contributed by atoms with Gasteiger partial charge >= 0.3 is 0 Å². The first-order chi connectivity index (χ1) is 9.38. The van der Waals surface area contributed by atoms with Gasteiger partial charge in [-0.05, 0) is 25.0 Å². The minimum absolute atomic E-state index is 0.0829. The highest BCUT2D eigenvalue weighted by Crippen LogP contribution is 2.22. The molecule has 0 saturated carbocycles. The van der Waals surface area contributed by atoms with Gasteiger partial charge in [-0.2, -0.15) is 0 Å². The van der Waals surface area contributed by atoms with Crippen LogP contribution in [0.15, 0.2) is 23.4 Å². The molecule has 0 saturated heterocycles. The van der Waals surface area contributed by atoms with Crippen molar-refractivity contribution >= 4 is 11.7 Å². The van der Waals surface area contributed by atoms with Crippen molar-refractivity contribution in [3.8, 4) is 11.5 Å². The maximum Gasteiger partial charge on any atom is 0.252 e. The summed E-state index contributed by atoms with van der Waals surface area (Å²) in [7, 11) is 0. The maximum absolute atomic E-state index is 12.2. The Labute approximate surface area is 116 Å². The van der Waals surface area contributed by atoms with Gasteiger partial charge in [0.25, 0.3) is 5.91 Å². The van der Waals surface area contributed by atoms with Crippen LogP contribution in [0.3, 0.4) is 0 Å². The lowest BCUT2D eigenvalue weighted by atomic mass is 9.91. The summed E-state index contributed by atoms with van der Waals surface area (Å²) in [6, 6.07) is 3.56. The maximum atomic E-state index is 12.2. The Morgan fingerprint density at radius 3 is 2.15 bits per heavy atom. The lowest BCUT2D eigenvalue weighted by Gasteiger charge is -2.31. The van der Waals surface area contributed by atoms with Crippen LogP contribution in [-0.4, -0.2) is 32.7 Å². The van der Waals surface area contributed by atoms with Gasteiger partial charge in [-0.15, -0.1) is 0 Å². The van der Waals surface area contributed by atoms with Crippen molar-refractivity contribution in [2.45, 2.75) is 32.2 Å². The topological polar surface area (TPSA) is 128 Å². The Bertz CT molecular complexity index is 504. The third-order valence-corrected chi connectivity index (χ3v) is 3.32. The fourth-order valence-corrected chi connectivity index (χ4v) is 1.96. The van der Waals surface area contributed by atoms with E-state index in [0.717, 1.165) is 6.07 Å². The van der Waals surface area contributed by atoms with Gasteiger partial charge in [0.2, 0.25) is 0 Å². The zero-order chi connectivity index (χ0) is 15.3. The van der Waals surface area contributed by atoms with Crippen LogP contribution in [-0.2, 0) is 0 Å². The molecular formula is C13H19N3O4. The first-order valence-corrected chi connectivity index (χ1v) is 6.22. The molecule has 0 aliphatic carbocycles. The first-order valence-electron chi connectivity index (χ1n) is 6.22. The van der Waals surface area contributed by atoms with E-state index in [1.807, 2.05) is 0 Å². The standard InChI is InChI=1S/C13H19N3O4/c1-3-13(4-2,12(14)16-20)15-11(19)8-5-9(17)7-10(18)6-8/h5-7,17-18,20H,3-4H2,1-2H3,(H2,14,16)(H,15,19). The second-order valence-corrected chi connectivity index (χ2v) is 4.47. The fraction of sp³-hybridized carbons (Fsp3) is 0.385. The molecule has 0 aromatic heterocycles. The average Bonchev–Trinajstić information content (AvgIpc) is 2.42. The Kier molecular flexibility index (Phi) is 4.79. The van der Waals surface area contributed by atoms with E-state index in [4.69, 9.17) is 10.9 Å². The quantitative estimate of drug-likeness (QED) is 0.239. The molecule has 1 amide bonds. The minimum Gasteiger partial charge on any atom is -0.508 e. The van der Waals surface area contributed by atoms with Crippen LogP contribution in [0.2, 0.25) is 0 Å². The number of phenols is 2. The molecule has 0 unspecified atom stereocenters. The number of amides is 1. The Hall–Kier alpha value is -2.44. The Morgan fingerprint density at radius 2 is 1.75 bits per heavy atom. The van der Waals surface area contributed by atoms with Gasteiger partial charge in [-0.3, -0.25) is 4.79 Å². The molecule has 0 heterocycles. The monoisotopic (exact) mass is 281 g/mol. The van der Waals surface area contributed by atoms with Crippen LogP contribution in [0, 0.1) is 0 Å². The van der Waals surface area contributed by atoms with Gasteiger partial charge in [0.05, 0.1) is 0 Å². The number of hydrogen-bond acceptors (Lipinski definition) is 5. The summed E-state index contributed by atoms with van der Waals surface area (Å²) in [6.07, 6.45) is 0.853. The lowest BCUT2D eigenvalue weighted by molar-refractivity contribution is 0.0917. The van der Waals surface area contributed by atoms with E-state index >= 15 is 0 Å². The van der Waals surface area contributed by atoms with E-state index in [0.29, 0.717) is 12.8 Å². The third kappa shape index (κ3) is 3.11. The van der Waals surface area contributed by atoms with E-state index in [9.17, 15) is 15.0 Å². The van der Waals surface area contributed by atoms with E-state index in [2.05, 4.69) is 10.5 Å². The molecule has 1 rings (SSSR count). The molecule has 0 atom stereocenters. The van der Waals surface area contributed by atoms with Crippen LogP contribution in [0.4, 0.5) is 0 Å². The second-order valence-electron chi connectivity index (χ2n) is 4.47. The molecule has 110 valence electrons. The number of oxime groups is 1.